The van der Waals surface area contributed by atoms with Crippen LogP contribution in [0.25, 0.3) is 0 Å². The van der Waals surface area contributed by atoms with Crippen molar-refractivity contribution in [2.45, 2.75) is 12.2 Å². The SMILES string of the molecule is NC(c1csc(I)c1)c1ccc(F)c(C(F)(F)F)c1. The second kappa shape index (κ2) is 5.37. The first kappa shape index (κ1) is 14.7. The summed E-state index contributed by atoms with van der Waals surface area (Å²) in [6.07, 6.45) is -4.72. The largest absolute Gasteiger partial charge is 0.419 e. The molecule has 0 aliphatic heterocycles. The van der Waals surface area contributed by atoms with Crippen molar-refractivity contribution >= 4 is 33.9 Å². The van der Waals surface area contributed by atoms with E-state index < -0.39 is 23.6 Å². The van der Waals surface area contributed by atoms with Crippen LogP contribution in [0.1, 0.15) is 22.7 Å². The Kier molecular flexibility index (Phi) is 4.17. The van der Waals surface area contributed by atoms with Gasteiger partial charge in [0.15, 0.2) is 0 Å². The molecular formula is C12H8F4INS. The highest BCUT2D eigenvalue weighted by Gasteiger charge is 2.34. The number of nitrogens with two attached hydrogens (primary N) is 1. The van der Waals surface area contributed by atoms with Crippen molar-refractivity contribution in [1.29, 1.82) is 0 Å². The number of thiophene rings is 1. The lowest BCUT2D eigenvalue weighted by Crippen LogP contribution is -2.14. The average molecular weight is 401 g/mol. The Balaban J connectivity index is 2.41. The van der Waals surface area contributed by atoms with Gasteiger partial charge in [0.25, 0.3) is 0 Å². The summed E-state index contributed by atoms with van der Waals surface area (Å²) in [5.41, 5.74) is 5.57. The maximum Gasteiger partial charge on any atom is 0.419 e. The summed E-state index contributed by atoms with van der Waals surface area (Å²) >= 11 is 3.55. The zero-order chi connectivity index (χ0) is 14.2. The fraction of sp³-hybridized carbons (Fsp3) is 0.167. The highest BCUT2D eigenvalue weighted by atomic mass is 127. The third-order valence-corrected chi connectivity index (χ3v) is 4.41. The molecule has 0 aliphatic rings. The third kappa shape index (κ3) is 3.26. The lowest BCUT2D eigenvalue weighted by atomic mass is 10.00. The fourth-order valence-corrected chi connectivity index (χ4v) is 3.04. The van der Waals surface area contributed by atoms with Crippen LogP contribution in [0.2, 0.25) is 0 Å². The standard InChI is InChI=1S/C12H8F4INS/c13-9-2-1-6(3-8(9)12(14,15)16)11(18)7-4-10(17)19-5-7/h1-5,11H,18H2. The van der Waals surface area contributed by atoms with Crippen molar-refractivity contribution in [1.82, 2.24) is 0 Å². The van der Waals surface area contributed by atoms with Crippen LogP contribution in [0.15, 0.2) is 29.6 Å². The van der Waals surface area contributed by atoms with Crippen LogP contribution in [0.3, 0.4) is 0 Å². The van der Waals surface area contributed by atoms with Crippen LogP contribution in [0.4, 0.5) is 17.6 Å². The van der Waals surface area contributed by atoms with Crippen LogP contribution < -0.4 is 5.73 Å². The van der Waals surface area contributed by atoms with Crippen LogP contribution in [0, 0.1) is 8.70 Å². The van der Waals surface area contributed by atoms with E-state index in [4.69, 9.17) is 5.73 Å². The number of hydrogen-bond acceptors (Lipinski definition) is 2. The Hall–Kier alpha value is -0.670. The molecule has 19 heavy (non-hydrogen) atoms. The number of rotatable bonds is 2. The molecule has 0 spiro atoms. The van der Waals surface area contributed by atoms with Crippen LogP contribution in [-0.4, -0.2) is 0 Å². The average Bonchev–Trinajstić information content (AvgIpc) is 2.74. The third-order valence-electron chi connectivity index (χ3n) is 2.60. The second-order valence-electron chi connectivity index (χ2n) is 3.90. The zero-order valence-corrected chi connectivity index (χ0v) is 12.3. The summed E-state index contributed by atoms with van der Waals surface area (Å²) in [7, 11) is 0. The molecule has 1 nitrogen and oxygen atoms in total. The molecule has 0 fully saturated rings. The maximum atomic E-state index is 13.2. The molecule has 2 N–H and O–H groups in total. The van der Waals surface area contributed by atoms with E-state index in [0.717, 1.165) is 15.0 Å². The summed E-state index contributed by atoms with van der Waals surface area (Å²) in [4.78, 5) is 0. The van der Waals surface area contributed by atoms with E-state index >= 15 is 0 Å². The molecule has 0 bridgehead atoms. The fourth-order valence-electron chi connectivity index (χ4n) is 1.63. The molecule has 0 saturated heterocycles. The van der Waals surface area contributed by atoms with Gasteiger partial charge >= 0.3 is 6.18 Å². The molecule has 102 valence electrons. The van der Waals surface area contributed by atoms with Crippen molar-refractivity contribution in [3.05, 3.63) is 55.0 Å². The van der Waals surface area contributed by atoms with Gasteiger partial charge < -0.3 is 5.73 Å². The van der Waals surface area contributed by atoms with Crippen molar-refractivity contribution in [3.8, 4) is 0 Å². The van der Waals surface area contributed by atoms with Crippen LogP contribution >= 0.6 is 33.9 Å². The van der Waals surface area contributed by atoms with Crippen LogP contribution in [-0.2, 0) is 6.18 Å². The van der Waals surface area contributed by atoms with Crippen molar-refractivity contribution in [2.75, 3.05) is 0 Å². The van der Waals surface area contributed by atoms with Gasteiger partial charge in [-0.3, -0.25) is 0 Å². The Morgan fingerprint density at radius 3 is 2.37 bits per heavy atom. The molecular weight excluding hydrogens is 393 g/mol. The predicted molar refractivity (Wildman–Crippen MR) is 74.5 cm³/mol. The van der Waals surface area contributed by atoms with E-state index in [9.17, 15) is 17.6 Å². The smallest absolute Gasteiger partial charge is 0.320 e. The van der Waals surface area contributed by atoms with E-state index in [1.165, 1.54) is 17.4 Å². The topological polar surface area (TPSA) is 26.0 Å². The molecule has 0 radical (unpaired) electrons. The summed E-state index contributed by atoms with van der Waals surface area (Å²) in [5, 5.41) is 1.78. The number of halogens is 5. The molecule has 0 amide bonds. The molecule has 7 heteroatoms. The Labute approximate surface area is 124 Å². The highest BCUT2D eigenvalue weighted by Crippen LogP contribution is 2.34. The molecule has 0 saturated carbocycles. The summed E-state index contributed by atoms with van der Waals surface area (Å²) in [6, 6.07) is 3.95. The molecule has 1 aromatic heterocycles. The second-order valence-corrected chi connectivity index (χ2v) is 6.70. The van der Waals surface area contributed by atoms with Gasteiger partial charge in [-0.1, -0.05) is 6.07 Å². The highest BCUT2D eigenvalue weighted by molar-refractivity contribution is 14.1. The number of hydrogen-bond donors (Lipinski definition) is 1. The van der Waals surface area contributed by atoms with Crippen LogP contribution in [0.5, 0.6) is 0 Å². The zero-order valence-electron chi connectivity index (χ0n) is 9.34. The van der Waals surface area contributed by atoms with Gasteiger partial charge in [-0.25, -0.2) is 4.39 Å². The maximum absolute atomic E-state index is 13.2. The minimum absolute atomic E-state index is 0.239. The normalized spacial score (nSPS) is 13.6. The molecule has 1 unspecified atom stereocenters. The van der Waals surface area contributed by atoms with E-state index in [0.29, 0.717) is 5.56 Å². The van der Waals surface area contributed by atoms with E-state index in [2.05, 4.69) is 22.6 Å². The summed E-state index contributed by atoms with van der Waals surface area (Å²) < 4.78 is 52.0. The summed E-state index contributed by atoms with van der Waals surface area (Å²) in [5.74, 6) is -1.29. The van der Waals surface area contributed by atoms with Gasteiger partial charge in [0.1, 0.15) is 5.82 Å². The van der Waals surface area contributed by atoms with E-state index in [1.54, 1.807) is 11.4 Å². The Morgan fingerprint density at radius 1 is 1.16 bits per heavy atom. The molecule has 2 rings (SSSR count). The van der Waals surface area contributed by atoms with Gasteiger partial charge in [-0.2, -0.15) is 13.2 Å². The molecule has 1 aromatic carbocycles. The van der Waals surface area contributed by atoms with Gasteiger partial charge in [-0.05, 0) is 57.3 Å². The molecule has 0 aliphatic carbocycles. The quantitative estimate of drug-likeness (QED) is 0.580. The summed E-state index contributed by atoms with van der Waals surface area (Å²) in [6.45, 7) is 0. The Bertz CT molecular complexity index is 594. The van der Waals surface area contributed by atoms with Crippen molar-refractivity contribution in [2.24, 2.45) is 5.73 Å². The van der Waals surface area contributed by atoms with Gasteiger partial charge in [0.2, 0.25) is 0 Å². The number of alkyl halides is 3. The minimum atomic E-state index is -4.72. The van der Waals surface area contributed by atoms with E-state index in [1.807, 2.05) is 0 Å². The van der Waals surface area contributed by atoms with E-state index in [-0.39, 0.29) is 5.56 Å². The predicted octanol–water partition coefficient (Wildman–Crippen LogP) is 4.56. The monoisotopic (exact) mass is 401 g/mol. The number of benzene rings is 1. The lowest BCUT2D eigenvalue weighted by Gasteiger charge is -2.14. The molecule has 1 atom stereocenters. The Morgan fingerprint density at radius 2 is 1.84 bits per heavy atom. The first-order valence-electron chi connectivity index (χ1n) is 5.15. The molecule has 1 heterocycles. The first-order valence-corrected chi connectivity index (χ1v) is 7.11. The van der Waals surface area contributed by atoms with Gasteiger partial charge in [-0.15, -0.1) is 11.3 Å². The minimum Gasteiger partial charge on any atom is -0.320 e. The molecule has 2 aromatic rings. The van der Waals surface area contributed by atoms with Crippen molar-refractivity contribution < 1.29 is 17.6 Å². The van der Waals surface area contributed by atoms with Crippen molar-refractivity contribution in [3.63, 3.8) is 0 Å². The van der Waals surface area contributed by atoms with Gasteiger partial charge in [0, 0.05) is 0 Å². The lowest BCUT2D eigenvalue weighted by molar-refractivity contribution is -0.140. The first-order chi connectivity index (χ1) is 8.79. The van der Waals surface area contributed by atoms with Gasteiger partial charge in [0.05, 0.1) is 14.5 Å².